The van der Waals surface area contributed by atoms with Crippen molar-refractivity contribution in [1.29, 1.82) is 0 Å². The molecule has 0 spiro atoms. The van der Waals surface area contributed by atoms with E-state index in [1.54, 1.807) is 6.26 Å². The van der Waals surface area contributed by atoms with Crippen LogP contribution in [0.15, 0.2) is 53.1 Å². The topological polar surface area (TPSA) is 66.3 Å². The predicted octanol–water partition coefficient (Wildman–Crippen LogP) is 4.42. The first-order valence-electron chi connectivity index (χ1n) is 8.85. The minimum absolute atomic E-state index is 0.193. The van der Waals surface area contributed by atoms with Gasteiger partial charge in [-0.15, -0.1) is 0 Å². The highest BCUT2D eigenvalue weighted by molar-refractivity contribution is 7.80. The molecule has 0 unspecified atom stereocenters. The average molecular weight is 382 g/mol. The van der Waals surface area contributed by atoms with E-state index >= 15 is 0 Å². The molecular formula is C21H23N3O2S. The highest BCUT2D eigenvalue weighted by Gasteiger charge is 2.14. The summed E-state index contributed by atoms with van der Waals surface area (Å²) >= 11 is 5.18. The van der Waals surface area contributed by atoms with Crippen molar-refractivity contribution in [2.75, 3.05) is 5.32 Å². The molecule has 0 aliphatic carbocycles. The van der Waals surface area contributed by atoms with Crippen LogP contribution in [0, 0.1) is 6.92 Å². The highest BCUT2D eigenvalue weighted by atomic mass is 32.1. The summed E-state index contributed by atoms with van der Waals surface area (Å²) in [7, 11) is 0. The van der Waals surface area contributed by atoms with E-state index in [0.717, 1.165) is 22.2 Å². The molecule has 0 saturated heterocycles. The Morgan fingerprint density at radius 1 is 1.15 bits per heavy atom. The van der Waals surface area contributed by atoms with Crippen molar-refractivity contribution in [1.82, 2.24) is 10.9 Å². The lowest BCUT2D eigenvalue weighted by atomic mass is 9.95. The van der Waals surface area contributed by atoms with Gasteiger partial charge in [-0.1, -0.05) is 32.0 Å². The highest BCUT2D eigenvalue weighted by Crippen LogP contribution is 2.29. The van der Waals surface area contributed by atoms with E-state index in [1.807, 2.05) is 36.4 Å². The number of hydrazine groups is 1. The van der Waals surface area contributed by atoms with Gasteiger partial charge in [0, 0.05) is 16.6 Å². The Morgan fingerprint density at radius 3 is 2.59 bits per heavy atom. The molecule has 5 nitrogen and oxygen atoms in total. The second kappa shape index (κ2) is 8.22. The van der Waals surface area contributed by atoms with Crippen molar-refractivity contribution in [3.05, 3.63) is 65.4 Å². The normalized spacial score (nSPS) is 10.8. The number of hydrogen-bond donors (Lipinski definition) is 3. The first-order chi connectivity index (χ1) is 12.9. The number of thiocarbonyl (C=S) groups is 1. The van der Waals surface area contributed by atoms with Gasteiger partial charge in [0.15, 0.2) is 5.11 Å². The number of benzene rings is 2. The molecule has 140 valence electrons. The summed E-state index contributed by atoms with van der Waals surface area (Å²) in [4.78, 5) is 12.3. The molecule has 27 heavy (non-hydrogen) atoms. The number of furan rings is 1. The fourth-order valence-electron chi connectivity index (χ4n) is 3.03. The van der Waals surface area contributed by atoms with Crippen molar-refractivity contribution in [2.24, 2.45) is 0 Å². The second-order valence-corrected chi connectivity index (χ2v) is 7.20. The molecule has 0 aliphatic rings. The zero-order valence-electron chi connectivity index (χ0n) is 15.6. The Labute approximate surface area is 164 Å². The molecule has 1 aromatic heterocycles. The summed E-state index contributed by atoms with van der Waals surface area (Å²) in [5.74, 6) is 0.218. The van der Waals surface area contributed by atoms with E-state index < -0.39 is 0 Å². The van der Waals surface area contributed by atoms with Gasteiger partial charge in [-0.3, -0.25) is 15.6 Å². The zero-order chi connectivity index (χ0) is 19.4. The molecule has 0 fully saturated rings. The van der Waals surface area contributed by atoms with Crippen molar-refractivity contribution >= 4 is 39.9 Å². The summed E-state index contributed by atoms with van der Waals surface area (Å²) < 4.78 is 5.63. The number of aryl methyl sites for hydroxylation is 1. The van der Waals surface area contributed by atoms with E-state index in [0.29, 0.717) is 11.0 Å². The number of amides is 1. The number of anilines is 1. The minimum Gasteiger partial charge on any atom is -0.464 e. The average Bonchev–Trinajstić information content (AvgIpc) is 3.01. The van der Waals surface area contributed by atoms with Crippen LogP contribution in [-0.4, -0.2) is 11.0 Å². The number of hydrogen-bond acceptors (Lipinski definition) is 3. The third-order valence-electron chi connectivity index (χ3n) is 4.36. The van der Waals surface area contributed by atoms with Crippen LogP contribution in [0.5, 0.6) is 0 Å². The van der Waals surface area contributed by atoms with Gasteiger partial charge in [-0.05, 0) is 60.5 Å². The smallest absolute Gasteiger partial charge is 0.242 e. The van der Waals surface area contributed by atoms with Crippen LogP contribution in [-0.2, 0) is 11.2 Å². The first kappa shape index (κ1) is 18.9. The molecular weight excluding hydrogens is 358 g/mol. The van der Waals surface area contributed by atoms with Crippen LogP contribution in [0.2, 0.25) is 0 Å². The summed E-state index contributed by atoms with van der Waals surface area (Å²) in [6.45, 7) is 6.39. The van der Waals surface area contributed by atoms with Crippen LogP contribution in [0.1, 0.15) is 36.5 Å². The Kier molecular flexibility index (Phi) is 5.76. The fraction of sp³-hybridized carbons (Fsp3) is 0.238. The van der Waals surface area contributed by atoms with Crippen LogP contribution < -0.4 is 16.2 Å². The van der Waals surface area contributed by atoms with Gasteiger partial charge in [0.25, 0.3) is 0 Å². The molecule has 3 N–H and O–H groups in total. The third-order valence-corrected chi connectivity index (χ3v) is 4.57. The molecule has 3 aromatic rings. The zero-order valence-corrected chi connectivity index (χ0v) is 16.4. The summed E-state index contributed by atoms with van der Waals surface area (Å²) in [5, 5.41) is 4.30. The Hall–Kier alpha value is -2.86. The van der Waals surface area contributed by atoms with Gasteiger partial charge in [0.1, 0.15) is 5.58 Å². The maximum Gasteiger partial charge on any atom is 0.242 e. The van der Waals surface area contributed by atoms with Crippen LogP contribution in [0.25, 0.3) is 11.0 Å². The number of fused-ring (bicyclic) bond motifs is 1. The van der Waals surface area contributed by atoms with Crippen LogP contribution >= 0.6 is 12.2 Å². The second-order valence-electron chi connectivity index (χ2n) is 6.79. The Morgan fingerprint density at radius 2 is 1.89 bits per heavy atom. The molecule has 3 rings (SSSR count). The molecule has 0 atom stereocenters. The maximum absolute atomic E-state index is 12.3. The number of nitrogens with one attached hydrogen (secondary N) is 3. The molecule has 0 bridgehead atoms. The summed E-state index contributed by atoms with van der Waals surface area (Å²) in [6.07, 6.45) is 1.85. The number of carbonyl (C=O) groups is 1. The largest absolute Gasteiger partial charge is 0.464 e. The van der Waals surface area contributed by atoms with Crippen molar-refractivity contribution < 1.29 is 9.21 Å². The first-order valence-corrected chi connectivity index (χ1v) is 9.26. The Balaban J connectivity index is 1.62. The van der Waals surface area contributed by atoms with Gasteiger partial charge >= 0.3 is 0 Å². The monoisotopic (exact) mass is 381 g/mol. The molecule has 1 heterocycles. The van der Waals surface area contributed by atoms with E-state index in [9.17, 15) is 4.79 Å². The van der Waals surface area contributed by atoms with Crippen molar-refractivity contribution in [3.8, 4) is 0 Å². The molecule has 1 amide bonds. The van der Waals surface area contributed by atoms with Gasteiger partial charge in [-0.25, -0.2) is 0 Å². The van der Waals surface area contributed by atoms with Crippen LogP contribution in [0.4, 0.5) is 5.69 Å². The van der Waals surface area contributed by atoms with E-state index in [2.05, 4.69) is 43.0 Å². The Bertz CT molecular complexity index is 964. The van der Waals surface area contributed by atoms with E-state index in [1.165, 1.54) is 11.1 Å². The van der Waals surface area contributed by atoms with Gasteiger partial charge < -0.3 is 9.73 Å². The quantitative estimate of drug-likeness (QED) is 0.461. The number of rotatable bonds is 4. The van der Waals surface area contributed by atoms with E-state index in [4.69, 9.17) is 16.6 Å². The van der Waals surface area contributed by atoms with Crippen LogP contribution in [0.3, 0.4) is 0 Å². The van der Waals surface area contributed by atoms with Gasteiger partial charge in [0.05, 0.1) is 12.7 Å². The van der Waals surface area contributed by atoms with Crippen molar-refractivity contribution in [2.45, 2.75) is 33.1 Å². The lowest BCUT2D eigenvalue weighted by molar-refractivity contribution is -0.120. The predicted molar refractivity (Wildman–Crippen MR) is 113 cm³/mol. The molecule has 0 saturated carbocycles. The molecule has 6 heteroatoms. The lowest BCUT2D eigenvalue weighted by Crippen LogP contribution is -2.44. The standard InChI is InChI=1S/C21H23N3O2S/c1-13(2)17-11-18-15(12-26-19(18)9-14(17)3)10-20(25)23-24-21(27)22-16-7-5-4-6-8-16/h4-9,11-13H,10H2,1-3H3,(H,23,25)(H2,22,24,27). The molecule has 0 radical (unpaired) electrons. The minimum atomic E-state index is -0.193. The number of carbonyl (C=O) groups excluding carboxylic acids is 1. The number of para-hydroxylation sites is 1. The fourth-order valence-corrected chi connectivity index (χ4v) is 3.20. The maximum atomic E-state index is 12.3. The lowest BCUT2D eigenvalue weighted by Gasteiger charge is -2.12. The molecule has 0 aliphatic heterocycles. The van der Waals surface area contributed by atoms with E-state index in [-0.39, 0.29) is 12.3 Å². The van der Waals surface area contributed by atoms with Gasteiger partial charge in [-0.2, -0.15) is 0 Å². The molecule has 2 aromatic carbocycles. The third kappa shape index (κ3) is 4.65. The summed E-state index contributed by atoms with van der Waals surface area (Å²) in [5.41, 5.74) is 10.3. The summed E-state index contributed by atoms with van der Waals surface area (Å²) in [6, 6.07) is 13.7. The van der Waals surface area contributed by atoms with Crippen molar-refractivity contribution in [3.63, 3.8) is 0 Å². The SMILES string of the molecule is Cc1cc2occ(CC(=O)NNC(=S)Nc3ccccc3)c2cc1C(C)C. The van der Waals surface area contributed by atoms with Gasteiger partial charge in [0.2, 0.25) is 5.91 Å².